The molecule has 2 aliphatic heterocycles. The van der Waals surface area contributed by atoms with Gasteiger partial charge < -0.3 is 20.1 Å². The van der Waals surface area contributed by atoms with E-state index in [9.17, 15) is 4.79 Å². The molecule has 0 radical (unpaired) electrons. The highest BCUT2D eigenvalue weighted by atomic mass is 19.1. The highest BCUT2D eigenvalue weighted by Crippen LogP contribution is 2.38. The molecule has 1 atom stereocenters. The summed E-state index contributed by atoms with van der Waals surface area (Å²) in [7, 11) is 1.50. The third-order valence-corrected chi connectivity index (χ3v) is 9.46. The molecule has 0 amide bonds. The molecular weight excluding hydrogens is 565 g/mol. The standard InChI is InChI=1S/C35H41FN6O.CH5N/c1-24-7-8-29(19-38-24)40-15-5-6-30(23-40)41(20-26-11-12-37-25(2)16-26)21-27-22-42(28-9-10-28)33-18-34(39-13-3-4-14-39)32(36)17-31(33)35(27)43;1-2/h7-8,11-12,16-19,22,28,30H,3-6,9-10,13-15,20-21,23H2,1-2H3;2H2,1H3. The van der Waals surface area contributed by atoms with Crippen LogP contribution in [0.25, 0.3) is 10.9 Å². The van der Waals surface area contributed by atoms with Gasteiger partial charge in [-0.15, -0.1) is 0 Å². The fourth-order valence-electron chi connectivity index (χ4n) is 6.99. The summed E-state index contributed by atoms with van der Waals surface area (Å²) in [5.41, 5.74) is 11.0. The zero-order valence-electron chi connectivity index (χ0n) is 26.9. The number of hydrogen-bond acceptors (Lipinski definition) is 7. The maximum atomic E-state index is 15.5. The van der Waals surface area contributed by atoms with E-state index in [1.54, 1.807) is 0 Å². The number of nitrogens with zero attached hydrogens (tertiary/aromatic N) is 6. The predicted molar refractivity (Wildman–Crippen MR) is 180 cm³/mol. The van der Waals surface area contributed by atoms with Crippen molar-refractivity contribution >= 4 is 22.3 Å². The number of halogens is 1. The van der Waals surface area contributed by atoms with E-state index >= 15 is 4.39 Å². The molecule has 5 heterocycles. The maximum absolute atomic E-state index is 15.5. The molecule has 3 fully saturated rings. The minimum absolute atomic E-state index is 0.0509. The molecule has 1 aliphatic carbocycles. The topological polar surface area (TPSA) is 83.5 Å². The van der Waals surface area contributed by atoms with Crippen molar-refractivity contribution in [3.8, 4) is 0 Å². The molecule has 1 unspecified atom stereocenters. The summed E-state index contributed by atoms with van der Waals surface area (Å²) in [5, 5.41) is 0.501. The van der Waals surface area contributed by atoms with Crippen LogP contribution in [0.4, 0.5) is 15.8 Å². The number of aryl methyl sites for hydroxylation is 2. The largest absolute Gasteiger partial charge is 0.369 e. The Hall–Kier alpha value is -3.82. The van der Waals surface area contributed by atoms with Gasteiger partial charge in [0.1, 0.15) is 5.82 Å². The second-order valence-corrected chi connectivity index (χ2v) is 12.7. The Labute approximate surface area is 265 Å². The van der Waals surface area contributed by atoms with Gasteiger partial charge in [-0.05, 0) is 101 Å². The van der Waals surface area contributed by atoms with Crippen molar-refractivity contribution < 1.29 is 4.39 Å². The number of piperidine rings is 1. The van der Waals surface area contributed by atoms with Gasteiger partial charge in [0, 0.05) is 86.1 Å². The van der Waals surface area contributed by atoms with Gasteiger partial charge in [-0.1, -0.05) is 0 Å². The SMILES string of the molecule is CN.Cc1ccc(N2CCCC(N(Cc3ccnc(C)c3)Cc3cn(C4CC4)c4cc(N5CCCC5)c(F)cc4c3=O)C2)cn1. The Bertz CT molecular complexity index is 1680. The van der Waals surface area contributed by atoms with E-state index in [-0.39, 0.29) is 17.3 Å². The molecule has 0 bridgehead atoms. The summed E-state index contributed by atoms with van der Waals surface area (Å²) in [6.45, 7) is 8.87. The fraction of sp³-hybridized carbons (Fsp3) is 0.472. The number of fused-ring (bicyclic) bond motifs is 1. The molecule has 3 aliphatic rings. The number of benzene rings is 1. The average molecular weight is 612 g/mol. The molecule has 4 aromatic rings. The van der Waals surface area contributed by atoms with Gasteiger partial charge in [0.15, 0.2) is 5.43 Å². The first-order valence-corrected chi connectivity index (χ1v) is 16.5. The number of pyridine rings is 3. The van der Waals surface area contributed by atoms with Crippen molar-refractivity contribution in [2.45, 2.75) is 77.5 Å². The lowest BCUT2D eigenvalue weighted by molar-refractivity contribution is 0.158. The first kappa shape index (κ1) is 31.2. The summed E-state index contributed by atoms with van der Waals surface area (Å²) < 4.78 is 17.8. The van der Waals surface area contributed by atoms with Crippen molar-refractivity contribution in [2.75, 3.05) is 43.0 Å². The van der Waals surface area contributed by atoms with Gasteiger partial charge in [-0.3, -0.25) is 19.7 Å². The molecule has 9 heteroatoms. The summed E-state index contributed by atoms with van der Waals surface area (Å²) in [6.07, 6.45) is 12.4. The quantitative estimate of drug-likeness (QED) is 0.273. The van der Waals surface area contributed by atoms with Gasteiger partial charge in [0.05, 0.1) is 23.1 Å². The van der Waals surface area contributed by atoms with Crippen LogP contribution in [0.3, 0.4) is 0 Å². The van der Waals surface area contributed by atoms with Crippen molar-refractivity contribution in [3.05, 3.63) is 93.5 Å². The first-order chi connectivity index (χ1) is 21.9. The maximum Gasteiger partial charge on any atom is 0.193 e. The van der Waals surface area contributed by atoms with Crippen molar-refractivity contribution in [1.82, 2.24) is 19.4 Å². The van der Waals surface area contributed by atoms with Crippen molar-refractivity contribution in [1.29, 1.82) is 0 Å². The summed E-state index contributed by atoms with van der Waals surface area (Å²) >= 11 is 0. The zero-order valence-corrected chi connectivity index (χ0v) is 26.9. The van der Waals surface area contributed by atoms with E-state index in [0.717, 1.165) is 99.4 Å². The second kappa shape index (κ2) is 13.7. The third-order valence-electron chi connectivity index (χ3n) is 9.46. The first-order valence-electron chi connectivity index (χ1n) is 16.5. The Balaban J connectivity index is 0.00000175. The molecule has 0 spiro atoms. The van der Waals surface area contributed by atoms with E-state index in [1.165, 1.54) is 18.7 Å². The zero-order chi connectivity index (χ0) is 31.5. The van der Waals surface area contributed by atoms with Crippen LogP contribution in [0.15, 0.2) is 59.8 Å². The smallest absolute Gasteiger partial charge is 0.193 e. The highest BCUT2D eigenvalue weighted by Gasteiger charge is 2.30. The van der Waals surface area contributed by atoms with Crippen molar-refractivity contribution in [3.63, 3.8) is 0 Å². The van der Waals surface area contributed by atoms with E-state index < -0.39 is 0 Å². The minimum atomic E-state index is -0.287. The van der Waals surface area contributed by atoms with Crippen LogP contribution >= 0.6 is 0 Å². The molecule has 238 valence electrons. The Morgan fingerprint density at radius 2 is 1.69 bits per heavy atom. The van der Waals surface area contributed by atoms with Crippen LogP contribution < -0.4 is 21.0 Å². The highest BCUT2D eigenvalue weighted by molar-refractivity contribution is 5.84. The molecule has 45 heavy (non-hydrogen) atoms. The molecule has 8 nitrogen and oxygen atoms in total. The van der Waals surface area contributed by atoms with Gasteiger partial charge in [-0.25, -0.2) is 4.39 Å². The van der Waals surface area contributed by atoms with Crippen LogP contribution in [-0.4, -0.2) is 58.7 Å². The summed E-state index contributed by atoms with van der Waals surface area (Å²) in [6, 6.07) is 12.5. The summed E-state index contributed by atoms with van der Waals surface area (Å²) in [5.74, 6) is -0.287. The number of hydrogen-bond donors (Lipinski definition) is 1. The Morgan fingerprint density at radius 3 is 2.40 bits per heavy atom. The molecule has 2 saturated heterocycles. The number of nitrogens with two attached hydrogens (primary N) is 1. The predicted octanol–water partition coefficient (Wildman–Crippen LogP) is 5.73. The van der Waals surface area contributed by atoms with Gasteiger partial charge in [-0.2, -0.15) is 0 Å². The molecule has 2 N–H and O–H groups in total. The lowest BCUT2D eigenvalue weighted by atomic mass is 10.0. The van der Waals surface area contributed by atoms with Crippen LogP contribution in [0, 0.1) is 19.7 Å². The van der Waals surface area contributed by atoms with Crippen LogP contribution in [0.1, 0.15) is 67.1 Å². The minimum Gasteiger partial charge on any atom is -0.369 e. The normalized spacial score (nSPS) is 18.4. The molecule has 3 aromatic heterocycles. The number of anilines is 2. The molecule has 1 aromatic carbocycles. The van der Waals surface area contributed by atoms with Crippen LogP contribution in [0.5, 0.6) is 0 Å². The third kappa shape index (κ3) is 6.89. The number of rotatable bonds is 8. The van der Waals surface area contributed by atoms with Crippen LogP contribution in [-0.2, 0) is 13.1 Å². The van der Waals surface area contributed by atoms with E-state index in [2.05, 4.69) is 65.4 Å². The monoisotopic (exact) mass is 611 g/mol. The summed E-state index contributed by atoms with van der Waals surface area (Å²) in [4.78, 5) is 30.1. The van der Waals surface area contributed by atoms with Gasteiger partial charge >= 0.3 is 0 Å². The van der Waals surface area contributed by atoms with Gasteiger partial charge in [0.2, 0.25) is 0 Å². The van der Waals surface area contributed by atoms with E-state index in [4.69, 9.17) is 0 Å². The number of aromatic nitrogens is 3. The molecule has 7 rings (SSSR count). The molecule has 1 saturated carbocycles. The Kier molecular flexibility index (Phi) is 9.47. The average Bonchev–Trinajstić information content (AvgIpc) is 3.76. The lowest BCUT2D eigenvalue weighted by Gasteiger charge is -2.40. The van der Waals surface area contributed by atoms with Gasteiger partial charge in [0.25, 0.3) is 0 Å². The fourth-order valence-corrected chi connectivity index (χ4v) is 6.99. The van der Waals surface area contributed by atoms with Crippen LogP contribution in [0.2, 0.25) is 0 Å². The van der Waals surface area contributed by atoms with E-state index in [1.807, 2.05) is 32.3 Å². The van der Waals surface area contributed by atoms with E-state index in [0.29, 0.717) is 23.7 Å². The lowest BCUT2D eigenvalue weighted by Crippen LogP contribution is -2.48. The second-order valence-electron chi connectivity index (χ2n) is 12.7. The Morgan fingerprint density at radius 1 is 0.911 bits per heavy atom. The molecular formula is C36H46FN7O. The van der Waals surface area contributed by atoms with Crippen molar-refractivity contribution in [2.24, 2.45) is 5.73 Å².